The molecule has 0 bridgehead atoms. The van der Waals surface area contributed by atoms with Crippen LogP contribution in [0.15, 0.2) is 48.7 Å². The summed E-state index contributed by atoms with van der Waals surface area (Å²) >= 11 is 0. The molecule has 0 spiro atoms. The first-order chi connectivity index (χ1) is 30.1. The predicted molar refractivity (Wildman–Crippen MR) is 228 cm³/mol. The lowest BCUT2D eigenvalue weighted by Crippen LogP contribution is -2.52. The fourth-order valence-electron chi connectivity index (χ4n) is 9.35. The normalized spacial score (nSPS) is 20.6. The lowest BCUT2D eigenvalue weighted by molar-refractivity contribution is -0.139. The van der Waals surface area contributed by atoms with Gasteiger partial charge in [-0.25, -0.2) is 19.6 Å². The van der Waals surface area contributed by atoms with Gasteiger partial charge in [0.15, 0.2) is 0 Å². The van der Waals surface area contributed by atoms with Crippen molar-refractivity contribution in [1.82, 2.24) is 40.4 Å². The lowest BCUT2D eigenvalue weighted by Gasteiger charge is -2.32. The molecule has 3 aliphatic heterocycles. The highest BCUT2D eigenvalue weighted by Gasteiger charge is 2.43. The molecule has 5 heterocycles. The summed E-state index contributed by atoms with van der Waals surface area (Å²) in [7, 11) is 1.28. The highest BCUT2D eigenvalue weighted by Crippen LogP contribution is 2.44. The third-order valence-corrected chi connectivity index (χ3v) is 12.6. The highest BCUT2D eigenvalue weighted by atomic mass is 19.3. The molecule has 4 amide bonds. The van der Waals surface area contributed by atoms with Crippen molar-refractivity contribution >= 4 is 45.8 Å². The van der Waals surface area contributed by atoms with Gasteiger partial charge >= 0.3 is 18.8 Å². The first-order valence-electron chi connectivity index (χ1n) is 21.3. The number of amides is 4. The van der Waals surface area contributed by atoms with Crippen molar-refractivity contribution in [2.45, 2.75) is 97.3 Å². The van der Waals surface area contributed by atoms with Crippen LogP contribution in [0.1, 0.15) is 83.2 Å². The zero-order chi connectivity index (χ0) is 44.9. The predicted octanol–water partition coefficient (Wildman–Crippen LogP) is 7.52. The van der Waals surface area contributed by atoms with E-state index in [1.165, 1.54) is 12.0 Å². The van der Waals surface area contributed by atoms with E-state index in [0.717, 1.165) is 50.5 Å². The van der Waals surface area contributed by atoms with Crippen molar-refractivity contribution < 1.29 is 47.3 Å². The Morgan fingerprint density at radius 1 is 0.937 bits per heavy atom. The van der Waals surface area contributed by atoms with Crippen molar-refractivity contribution in [3.05, 3.63) is 65.9 Å². The third kappa shape index (κ3) is 8.47. The SMILES string of the molecule is COC(=O)NC(C(=O)N1[C@@H](C)CC[C@H]1c1nc2c(ccc3cc4c(cc32)OCc2cc(-c3cnc([C@@H]5C[C@H](COC(F)F)CN5C(=O)C(NC(=O)O)C(C)C)[nH]3)ccc2-4)[nH]1)C(C)C. The van der Waals surface area contributed by atoms with Gasteiger partial charge in [-0.1, -0.05) is 45.9 Å². The zero-order valence-corrected chi connectivity index (χ0v) is 35.9. The Kier molecular flexibility index (Phi) is 12.0. The molecule has 6 atom stereocenters. The Bertz CT molecular complexity index is 2560. The van der Waals surface area contributed by atoms with Crippen LogP contribution in [0.2, 0.25) is 0 Å². The van der Waals surface area contributed by atoms with E-state index in [1.807, 2.05) is 62.1 Å². The lowest BCUT2D eigenvalue weighted by atomic mass is 9.92. The molecule has 2 unspecified atom stereocenters. The maximum absolute atomic E-state index is 14.0. The summed E-state index contributed by atoms with van der Waals surface area (Å²) in [4.78, 5) is 71.3. The monoisotopic (exact) mass is 870 g/mol. The van der Waals surface area contributed by atoms with Gasteiger partial charge < -0.3 is 49.7 Å². The van der Waals surface area contributed by atoms with Crippen LogP contribution in [0.3, 0.4) is 0 Å². The topological polar surface area (TPSA) is 204 Å². The molecule has 18 heteroatoms. The largest absolute Gasteiger partial charge is 0.488 e. The number of aromatic nitrogens is 4. The second-order valence-electron chi connectivity index (χ2n) is 17.4. The molecule has 2 saturated heterocycles. The average molecular weight is 871 g/mol. The van der Waals surface area contributed by atoms with Crippen molar-refractivity contribution in [3.63, 3.8) is 0 Å². The molecule has 0 saturated carbocycles. The third-order valence-electron chi connectivity index (χ3n) is 12.6. The van der Waals surface area contributed by atoms with Gasteiger partial charge in [0.25, 0.3) is 0 Å². The number of carbonyl (C=O) groups excluding carboxylic acids is 3. The number of ether oxygens (including phenoxy) is 3. The van der Waals surface area contributed by atoms with Crippen LogP contribution in [-0.4, -0.2) is 104 Å². The molecule has 5 N–H and O–H groups in total. The summed E-state index contributed by atoms with van der Waals surface area (Å²) in [5.41, 5.74) is 5.95. The second kappa shape index (κ2) is 17.5. The quantitative estimate of drug-likeness (QED) is 0.0834. The number of methoxy groups -OCH3 is 1. The molecular formula is C45H52F2N8O8. The summed E-state index contributed by atoms with van der Waals surface area (Å²) in [5, 5.41) is 16.3. The maximum atomic E-state index is 14.0. The smallest absolute Gasteiger partial charge is 0.407 e. The number of alkyl carbamates (subject to hydrolysis) is 1. The molecule has 2 fully saturated rings. The van der Waals surface area contributed by atoms with E-state index in [4.69, 9.17) is 14.5 Å². The molecule has 0 radical (unpaired) electrons. The first kappa shape index (κ1) is 43.4. The van der Waals surface area contributed by atoms with E-state index in [0.29, 0.717) is 42.5 Å². The number of benzene rings is 3. The van der Waals surface area contributed by atoms with Crippen LogP contribution < -0.4 is 15.4 Å². The van der Waals surface area contributed by atoms with Crippen LogP contribution in [-0.2, 0) is 25.7 Å². The minimum absolute atomic E-state index is 0.0553. The Hall–Kier alpha value is -6.30. The highest BCUT2D eigenvalue weighted by molar-refractivity contribution is 6.07. The molecule has 5 aromatic rings. The van der Waals surface area contributed by atoms with Crippen LogP contribution in [0, 0.1) is 17.8 Å². The van der Waals surface area contributed by atoms with E-state index in [9.17, 15) is 33.1 Å². The van der Waals surface area contributed by atoms with Crippen LogP contribution in [0.25, 0.3) is 44.2 Å². The number of alkyl halides is 2. The van der Waals surface area contributed by atoms with Crippen LogP contribution >= 0.6 is 0 Å². The molecule has 3 aromatic carbocycles. The Balaban J connectivity index is 1.05. The van der Waals surface area contributed by atoms with E-state index in [-0.39, 0.29) is 43.0 Å². The number of rotatable bonds is 12. The number of aromatic amines is 2. The van der Waals surface area contributed by atoms with Crippen LogP contribution in [0.5, 0.6) is 5.75 Å². The van der Waals surface area contributed by atoms with Gasteiger partial charge in [0.05, 0.1) is 48.7 Å². The van der Waals surface area contributed by atoms with Gasteiger partial charge in [-0.05, 0) is 84.4 Å². The number of likely N-dealkylation sites (tertiary alicyclic amines) is 2. The van der Waals surface area contributed by atoms with Gasteiger partial charge in [0, 0.05) is 29.5 Å². The number of carbonyl (C=O) groups is 4. The van der Waals surface area contributed by atoms with Gasteiger partial charge in [-0.15, -0.1) is 0 Å². The number of nitrogens with zero attached hydrogens (tertiary/aromatic N) is 4. The first-order valence-corrected chi connectivity index (χ1v) is 21.3. The number of halogens is 2. The van der Waals surface area contributed by atoms with Gasteiger partial charge in [0.1, 0.15) is 36.1 Å². The molecule has 3 aliphatic rings. The Morgan fingerprint density at radius 3 is 2.41 bits per heavy atom. The summed E-state index contributed by atoms with van der Waals surface area (Å²) in [6, 6.07) is 11.4. The van der Waals surface area contributed by atoms with Crippen molar-refractivity contribution in [2.24, 2.45) is 17.8 Å². The van der Waals surface area contributed by atoms with Crippen molar-refractivity contribution in [3.8, 4) is 28.1 Å². The fourth-order valence-corrected chi connectivity index (χ4v) is 9.35. The van der Waals surface area contributed by atoms with Crippen LogP contribution in [0.4, 0.5) is 18.4 Å². The summed E-state index contributed by atoms with van der Waals surface area (Å²) in [6.07, 6.45) is 1.47. The minimum Gasteiger partial charge on any atom is -0.488 e. The maximum Gasteiger partial charge on any atom is 0.407 e. The summed E-state index contributed by atoms with van der Waals surface area (Å²) in [6.45, 7) is 6.42. The molecule has 0 aliphatic carbocycles. The van der Waals surface area contributed by atoms with E-state index >= 15 is 0 Å². The average Bonchev–Trinajstić information content (AvgIpc) is 4.08. The fraction of sp³-hybridized carbons (Fsp3) is 0.467. The number of imidazole rings is 2. The summed E-state index contributed by atoms with van der Waals surface area (Å²) < 4.78 is 41.8. The minimum atomic E-state index is -2.96. The van der Waals surface area contributed by atoms with Gasteiger partial charge in [0.2, 0.25) is 11.8 Å². The van der Waals surface area contributed by atoms with Crippen molar-refractivity contribution in [1.29, 1.82) is 0 Å². The molecule has 8 rings (SSSR count). The van der Waals surface area contributed by atoms with E-state index in [1.54, 1.807) is 20.0 Å². The second-order valence-corrected chi connectivity index (χ2v) is 17.4. The van der Waals surface area contributed by atoms with E-state index in [2.05, 4.69) is 36.4 Å². The summed E-state index contributed by atoms with van der Waals surface area (Å²) in [5.74, 6) is 0.249. The Labute approximate surface area is 362 Å². The van der Waals surface area contributed by atoms with E-state index < -0.39 is 48.7 Å². The number of carboxylic acid groups (broad SMARTS) is 1. The number of nitrogens with one attached hydrogen (secondary N) is 4. The molecule has 2 aromatic heterocycles. The molecule has 334 valence electrons. The number of fused-ring (bicyclic) bond motifs is 6. The van der Waals surface area contributed by atoms with Crippen molar-refractivity contribution in [2.75, 3.05) is 20.3 Å². The molecular weight excluding hydrogens is 819 g/mol. The zero-order valence-electron chi connectivity index (χ0n) is 35.9. The number of hydrogen-bond donors (Lipinski definition) is 5. The standard InChI is InChI=1S/C45H52F2N8O8/c1-21(2)36(52-44(58)59)41(56)54-18-24(19-63-43(46)47)13-34(54)39-48-17-32(50-39)26-8-10-28-27(14-26)20-62-35-16-29-25(15-30(28)35)9-11-31-38(29)51-40(49-31)33-12-7-23(5)55(33)42(57)37(22(3)4)53-45(60)61-6/h8-11,14-17,21-24,33-34,36-37,43,52H,7,12-13,18-20H2,1-6H3,(H,48,50)(H,49,51)(H,53,60)(H,58,59)/t23-,24-,33-,34-,36?,37?/m0/s1. The molecule has 63 heavy (non-hydrogen) atoms. The number of H-pyrrole nitrogens is 2. The van der Waals surface area contributed by atoms with Gasteiger partial charge in [-0.3, -0.25) is 9.59 Å². The Morgan fingerprint density at radius 2 is 1.70 bits per heavy atom. The van der Waals surface area contributed by atoms with Gasteiger partial charge in [-0.2, -0.15) is 8.78 Å². The molecule has 16 nitrogen and oxygen atoms in total. The number of hydrogen-bond acceptors (Lipinski definition) is 9.